The minimum Gasteiger partial charge on any atom is -0.283 e. The van der Waals surface area contributed by atoms with Gasteiger partial charge in [-0.2, -0.15) is 0 Å². The monoisotopic (exact) mass is 290 g/mol. The Morgan fingerprint density at radius 2 is 1.40 bits per heavy atom. The van der Waals surface area contributed by atoms with Crippen molar-refractivity contribution in [3.05, 3.63) is 0 Å². The Labute approximate surface area is 77.3 Å². The lowest BCUT2D eigenvalue weighted by molar-refractivity contribution is -0.111. The normalized spacial score (nSPS) is 9.90. The van der Waals surface area contributed by atoms with Gasteiger partial charge >= 0.3 is 0 Å². The summed E-state index contributed by atoms with van der Waals surface area (Å²) in [4.78, 5) is 21.0. The van der Waals surface area contributed by atoms with Crippen LogP contribution in [0.4, 0.5) is 0 Å². The molecule has 0 aromatic carbocycles. The van der Waals surface area contributed by atoms with E-state index in [-0.39, 0.29) is 10.7 Å². The van der Waals surface area contributed by atoms with Crippen LogP contribution in [0.2, 0.25) is 0 Å². The van der Waals surface area contributed by atoms with E-state index < -0.39 is 21.0 Å². The molecule has 0 saturated carbocycles. The van der Waals surface area contributed by atoms with E-state index in [4.69, 9.17) is 0 Å². The molecule has 0 bridgehead atoms. The summed E-state index contributed by atoms with van der Waals surface area (Å²) < 4.78 is 10.7. The van der Waals surface area contributed by atoms with Crippen molar-refractivity contribution < 1.29 is 13.8 Å². The lowest BCUT2D eigenvalue weighted by Crippen LogP contribution is -2.18. The fourth-order valence-corrected chi connectivity index (χ4v) is 1.93. The number of carbonyl (C=O) groups excluding carboxylic acids is 2. The molecule has 6 heteroatoms. The first-order valence-electron chi connectivity index (χ1n) is 2.22. The van der Waals surface area contributed by atoms with Crippen LogP contribution in [-0.4, -0.2) is 25.1 Å². The molecule has 58 valence electrons. The van der Waals surface area contributed by atoms with Gasteiger partial charge in [0.25, 0.3) is 0 Å². The highest BCUT2D eigenvalue weighted by molar-refractivity contribution is 9.10. The van der Waals surface area contributed by atoms with Crippen LogP contribution < -0.4 is 0 Å². The van der Waals surface area contributed by atoms with Crippen LogP contribution in [-0.2, 0) is 20.4 Å². The Kier molecular flexibility index (Phi) is 5.38. The Bertz CT molecular complexity index is 161. The second kappa shape index (κ2) is 5.15. The largest absolute Gasteiger partial charge is 0.283 e. The molecule has 0 atom stereocenters. The van der Waals surface area contributed by atoms with Crippen LogP contribution in [0.3, 0.4) is 0 Å². The van der Waals surface area contributed by atoms with Crippen LogP contribution in [0, 0.1) is 0 Å². The maximum atomic E-state index is 10.7. The first-order chi connectivity index (χ1) is 4.63. The maximum Gasteiger partial charge on any atom is 0.237 e. The Hall–Kier alpha value is 0.450. The van der Waals surface area contributed by atoms with Crippen LogP contribution in [0.15, 0.2) is 0 Å². The quantitative estimate of drug-likeness (QED) is 0.699. The molecule has 0 N–H and O–H groups in total. The zero-order chi connectivity index (χ0) is 8.15. The molecule has 0 fully saturated rings. The zero-order valence-electron chi connectivity index (χ0n) is 4.80. The molecule has 0 aliphatic rings. The molecular weight excluding hydrogens is 288 g/mol. The minimum absolute atomic E-state index is 0.0433. The summed E-state index contributed by atoms with van der Waals surface area (Å²) in [7, 11) is -1.98. The van der Waals surface area contributed by atoms with Crippen molar-refractivity contribution in [2.75, 3.05) is 10.7 Å². The van der Waals surface area contributed by atoms with Crippen molar-refractivity contribution in [3.8, 4) is 0 Å². The second-order valence-corrected chi connectivity index (χ2v) is 3.85. The van der Waals surface area contributed by atoms with Crippen molar-refractivity contribution in [2.24, 2.45) is 0 Å². The summed E-state index contributed by atoms with van der Waals surface area (Å²) in [6.45, 7) is 0. The molecule has 0 heterocycles. The molecule has 3 nitrogen and oxygen atoms in total. The summed E-state index contributed by atoms with van der Waals surface area (Å²) >= 11 is 5.61. The third kappa shape index (κ3) is 3.03. The molecule has 0 rings (SSSR count). The van der Waals surface area contributed by atoms with Crippen molar-refractivity contribution in [2.45, 2.75) is 0 Å². The molecule has 0 aliphatic heterocycles. The molecular formula is C4H4Br2O3S. The van der Waals surface area contributed by atoms with Crippen molar-refractivity contribution in [1.82, 2.24) is 0 Å². The second-order valence-electron chi connectivity index (χ2n) is 1.28. The molecule has 0 aliphatic carbocycles. The summed E-state index contributed by atoms with van der Waals surface area (Å²) in [5, 5.41) is -1.27. The molecule has 0 radical (unpaired) electrons. The van der Waals surface area contributed by atoms with Gasteiger partial charge in [0.1, 0.15) is 0 Å². The number of hydrogen-bond donors (Lipinski definition) is 0. The van der Waals surface area contributed by atoms with E-state index in [1.54, 1.807) is 0 Å². The van der Waals surface area contributed by atoms with Crippen LogP contribution in [0.5, 0.6) is 0 Å². The van der Waals surface area contributed by atoms with Gasteiger partial charge in [0.05, 0.1) is 10.7 Å². The fourth-order valence-electron chi connectivity index (χ4n) is 0.226. The SMILES string of the molecule is O=C(CBr)S(=O)C(=O)CBr. The first-order valence-corrected chi connectivity index (χ1v) is 5.62. The van der Waals surface area contributed by atoms with Gasteiger partial charge in [-0.05, 0) is 0 Å². The molecule has 0 saturated heterocycles. The summed E-state index contributed by atoms with van der Waals surface area (Å²) in [6.07, 6.45) is 0. The van der Waals surface area contributed by atoms with Gasteiger partial charge < -0.3 is 0 Å². The van der Waals surface area contributed by atoms with Crippen molar-refractivity contribution >= 4 is 52.9 Å². The van der Waals surface area contributed by atoms with E-state index in [1.165, 1.54) is 0 Å². The van der Waals surface area contributed by atoms with Crippen LogP contribution >= 0.6 is 31.9 Å². The van der Waals surface area contributed by atoms with Crippen LogP contribution in [0.1, 0.15) is 0 Å². The van der Waals surface area contributed by atoms with Gasteiger partial charge in [0.15, 0.2) is 10.8 Å². The Morgan fingerprint density at radius 3 is 1.60 bits per heavy atom. The van der Waals surface area contributed by atoms with E-state index in [0.29, 0.717) is 0 Å². The minimum atomic E-state index is -1.98. The number of halogens is 2. The molecule has 0 aromatic heterocycles. The van der Waals surface area contributed by atoms with E-state index in [1.807, 2.05) is 0 Å². The highest BCUT2D eigenvalue weighted by Gasteiger charge is 2.17. The zero-order valence-corrected chi connectivity index (χ0v) is 8.79. The number of rotatable bonds is 2. The highest BCUT2D eigenvalue weighted by Crippen LogP contribution is 1.94. The fraction of sp³-hybridized carbons (Fsp3) is 0.500. The molecule has 10 heavy (non-hydrogen) atoms. The maximum absolute atomic E-state index is 10.7. The van der Waals surface area contributed by atoms with Gasteiger partial charge in [-0.25, -0.2) is 4.21 Å². The Morgan fingerprint density at radius 1 is 1.10 bits per heavy atom. The van der Waals surface area contributed by atoms with E-state index in [9.17, 15) is 13.8 Å². The van der Waals surface area contributed by atoms with Crippen molar-refractivity contribution in [1.29, 1.82) is 0 Å². The molecule has 0 aromatic rings. The predicted octanol–water partition coefficient (Wildman–Crippen LogP) is 0.578. The summed E-state index contributed by atoms with van der Waals surface area (Å²) in [5.41, 5.74) is 0. The highest BCUT2D eigenvalue weighted by atomic mass is 79.9. The number of hydrogen-bond acceptors (Lipinski definition) is 3. The van der Waals surface area contributed by atoms with Gasteiger partial charge in [-0.15, -0.1) is 0 Å². The van der Waals surface area contributed by atoms with E-state index in [2.05, 4.69) is 31.9 Å². The average Bonchev–Trinajstić information content (AvgIpc) is 2.00. The Balaban J connectivity index is 4.09. The topological polar surface area (TPSA) is 51.2 Å². The molecule has 0 unspecified atom stereocenters. The lowest BCUT2D eigenvalue weighted by Gasteiger charge is -1.90. The average molecular weight is 292 g/mol. The van der Waals surface area contributed by atoms with Crippen LogP contribution in [0.25, 0.3) is 0 Å². The lowest BCUT2D eigenvalue weighted by atomic mass is 10.9. The standard InChI is InChI=1S/C4H4Br2O3S/c5-1-3(7)10(9)4(8)2-6/h1-2H2. The first kappa shape index (κ1) is 10.4. The van der Waals surface area contributed by atoms with Gasteiger partial charge in [0.2, 0.25) is 10.2 Å². The number of alkyl halides is 2. The predicted molar refractivity (Wildman–Crippen MR) is 45.7 cm³/mol. The smallest absolute Gasteiger partial charge is 0.237 e. The number of carbonyl (C=O) groups is 2. The summed E-state index contributed by atoms with van der Waals surface area (Å²) in [6, 6.07) is 0. The third-order valence-electron chi connectivity index (χ3n) is 0.632. The molecule has 0 spiro atoms. The third-order valence-corrected chi connectivity index (χ3v) is 3.51. The van der Waals surface area contributed by atoms with Gasteiger partial charge in [-0.3, -0.25) is 9.59 Å². The molecule has 0 amide bonds. The summed E-state index contributed by atoms with van der Waals surface area (Å²) in [5.74, 6) is 0. The van der Waals surface area contributed by atoms with E-state index in [0.717, 1.165) is 0 Å². The van der Waals surface area contributed by atoms with E-state index >= 15 is 0 Å². The van der Waals surface area contributed by atoms with Crippen molar-refractivity contribution in [3.63, 3.8) is 0 Å². The van der Waals surface area contributed by atoms with Gasteiger partial charge in [0, 0.05) is 0 Å². The van der Waals surface area contributed by atoms with Gasteiger partial charge in [-0.1, -0.05) is 31.9 Å².